The van der Waals surface area contributed by atoms with Crippen molar-refractivity contribution < 1.29 is 38.9 Å². The van der Waals surface area contributed by atoms with Crippen LogP contribution in [0.15, 0.2) is 130 Å². The molecule has 3 aliphatic rings. The molecule has 1 N–H and O–H groups in total. The molecular formula is C44H52N2O8S3. The molecule has 0 unspecified atom stereocenters. The minimum absolute atomic E-state index is 0.205. The van der Waals surface area contributed by atoms with E-state index in [1.54, 1.807) is 30.3 Å². The van der Waals surface area contributed by atoms with Gasteiger partial charge in [0.25, 0.3) is 10.1 Å². The summed E-state index contributed by atoms with van der Waals surface area (Å²) in [6.07, 6.45) is 11.3. The lowest BCUT2D eigenvalue weighted by Gasteiger charge is -2.28. The van der Waals surface area contributed by atoms with E-state index in [0.29, 0.717) is 56.3 Å². The fourth-order valence-corrected chi connectivity index (χ4v) is 11.4. The van der Waals surface area contributed by atoms with Crippen molar-refractivity contribution in [3.63, 3.8) is 0 Å². The summed E-state index contributed by atoms with van der Waals surface area (Å²) in [4.78, 5) is 2.64. The summed E-state index contributed by atoms with van der Waals surface area (Å²) in [5.74, 6) is -0.742. The van der Waals surface area contributed by atoms with Crippen LogP contribution < -0.4 is 4.90 Å². The van der Waals surface area contributed by atoms with Crippen LogP contribution in [-0.2, 0) is 40.9 Å². The van der Waals surface area contributed by atoms with Gasteiger partial charge in [-0.1, -0.05) is 80.6 Å². The average molecular weight is 833 g/mol. The molecule has 3 aromatic carbocycles. The zero-order chi connectivity index (χ0) is 41.2. The minimum Gasteiger partial charge on any atom is -0.748 e. The monoisotopic (exact) mass is 832 g/mol. The summed E-state index contributed by atoms with van der Waals surface area (Å²) < 4.78 is 97.9. The zero-order valence-electron chi connectivity index (χ0n) is 33.0. The fourth-order valence-electron chi connectivity index (χ4n) is 8.51. The summed E-state index contributed by atoms with van der Waals surface area (Å²) in [6, 6.07) is 24.6. The van der Waals surface area contributed by atoms with E-state index >= 15 is 0 Å². The molecule has 0 radical (unpaired) electrons. The van der Waals surface area contributed by atoms with E-state index in [9.17, 15) is 34.4 Å². The van der Waals surface area contributed by atoms with Crippen LogP contribution in [0.4, 0.5) is 11.4 Å². The third kappa shape index (κ3) is 9.28. The van der Waals surface area contributed by atoms with Gasteiger partial charge in [-0.05, 0) is 93.4 Å². The molecule has 0 saturated heterocycles. The van der Waals surface area contributed by atoms with Crippen molar-refractivity contribution in [3.8, 4) is 0 Å². The number of hydrogen-bond donors (Lipinski definition) is 1. The average Bonchev–Trinajstić information content (AvgIpc) is 3.50. The van der Waals surface area contributed by atoms with Crippen LogP contribution in [-0.4, -0.2) is 69.2 Å². The van der Waals surface area contributed by atoms with E-state index in [0.717, 1.165) is 40.3 Å². The molecule has 0 fully saturated rings. The van der Waals surface area contributed by atoms with E-state index in [1.807, 2.05) is 60.7 Å². The molecule has 0 atom stereocenters. The number of anilines is 1. The number of sulfone groups is 1. The molecule has 0 spiro atoms. The Morgan fingerprint density at radius 3 is 2.09 bits per heavy atom. The Bertz CT molecular complexity index is 2510. The summed E-state index contributed by atoms with van der Waals surface area (Å²) in [6.45, 7) is 9.52. The van der Waals surface area contributed by atoms with Crippen LogP contribution in [0.25, 0.3) is 0 Å². The maximum atomic E-state index is 14.7. The quantitative estimate of drug-likeness (QED) is 0.0909. The Balaban J connectivity index is 1.45. The second kappa shape index (κ2) is 16.6. The Morgan fingerprint density at radius 2 is 1.39 bits per heavy atom. The van der Waals surface area contributed by atoms with Gasteiger partial charge >= 0.3 is 0 Å². The number of nitrogens with zero attached hydrogens (tertiary/aromatic N) is 2. The maximum Gasteiger partial charge on any atom is 0.264 e. The molecule has 2 aliphatic heterocycles. The molecule has 57 heavy (non-hydrogen) atoms. The smallest absolute Gasteiger partial charge is 0.264 e. The van der Waals surface area contributed by atoms with E-state index in [1.165, 1.54) is 0 Å². The number of allylic oxidation sites excluding steroid dienone is 7. The highest BCUT2D eigenvalue weighted by atomic mass is 32.2. The normalized spacial score (nSPS) is 19.6. The number of benzene rings is 3. The Morgan fingerprint density at radius 1 is 0.737 bits per heavy atom. The van der Waals surface area contributed by atoms with Crippen molar-refractivity contribution in [2.75, 3.05) is 29.5 Å². The second-order valence-corrected chi connectivity index (χ2v) is 21.0. The molecule has 6 rings (SSSR count). The molecule has 0 bridgehead atoms. The van der Waals surface area contributed by atoms with Crippen LogP contribution in [0.3, 0.4) is 0 Å². The first-order chi connectivity index (χ1) is 26.8. The molecule has 0 saturated carbocycles. The van der Waals surface area contributed by atoms with Gasteiger partial charge in [-0.3, -0.25) is 4.55 Å². The Kier molecular flexibility index (Phi) is 12.4. The minimum atomic E-state index is -4.33. The van der Waals surface area contributed by atoms with Gasteiger partial charge in [0.1, 0.15) is 6.54 Å². The molecule has 304 valence electrons. The first-order valence-corrected chi connectivity index (χ1v) is 24.1. The van der Waals surface area contributed by atoms with Crippen LogP contribution in [0.5, 0.6) is 0 Å². The Hall–Kier alpha value is -4.14. The van der Waals surface area contributed by atoms with Crippen molar-refractivity contribution in [2.45, 2.75) is 88.4 Å². The Labute approximate surface area is 338 Å². The van der Waals surface area contributed by atoms with Gasteiger partial charge in [-0.15, -0.1) is 0 Å². The van der Waals surface area contributed by atoms with Gasteiger partial charge in [0.05, 0.1) is 31.1 Å². The molecule has 3 aromatic rings. The van der Waals surface area contributed by atoms with E-state index < -0.39 is 46.7 Å². The largest absolute Gasteiger partial charge is 0.748 e. The molecule has 0 amide bonds. The molecule has 2 heterocycles. The lowest BCUT2D eigenvalue weighted by molar-refractivity contribution is -0.438. The second-order valence-electron chi connectivity index (χ2n) is 16.0. The third-order valence-electron chi connectivity index (χ3n) is 11.3. The van der Waals surface area contributed by atoms with Gasteiger partial charge in [0.15, 0.2) is 5.71 Å². The standard InChI is InChI=1S/C44H52N2O8S3/c1-43(2)36-21-8-10-23-38(36)45(29-12-14-31-55(47,48)49)40(43)27-25-33-17-16-18-34(42(33)57(53,54)35-19-6-5-7-20-35)26-28-41-44(3,4)37-22-9-11-24-39(37)46(41)30-13-15-32-56(50,51)52/h5-11,19-28H,12-18,29-32H2,1-4H3,(H-,47,48,49,50,51,52). The van der Waals surface area contributed by atoms with Gasteiger partial charge in [0, 0.05) is 53.2 Å². The number of fused-ring (bicyclic) bond motifs is 2. The van der Waals surface area contributed by atoms with Crippen molar-refractivity contribution in [1.82, 2.24) is 0 Å². The van der Waals surface area contributed by atoms with Gasteiger partial charge in [0.2, 0.25) is 15.5 Å². The van der Waals surface area contributed by atoms with Crippen LogP contribution >= 0.6 is 0 Å². The highest BCUT2D eigenvalue weighted by molar-refractivity contribution is 7.95. The fraction of sp³-hybridized carbons (Fsp3) is 0.386. The summed E-state index contributed by atoms with van der Waals surface area (Å²) in [5, 5.41) is 0. The molecule has 1 aliphatic carbocycles. The van der Waals surface area contributed by atoms with Crippen LogP contribution in [0.2, 0.25) is 0 Å². The third-order valence-corrected chi connectivity index (χ3v) is 14.9. The molecule has 13 heteroatoms. The number of hydrogen-bond acceptors (Lipinski definition) is 8. The first-order valence-electron chi connectivity index (χ1n) is 19.5. The van der Waals surface area contributed by atoms with Gasteiger partial charge < -0.3 is 9.45 Å². The lowest BCUT2D eigenvalue weighted by atomic mass is 9.81. The van der Waals surface area contributed by atoms with Crippen molar-refractivity contribution in [1.29, 1.82) is 0 Å². The van der Waals surface area contributed by atoms with Gasteiger partial charge in [-0.25, -0.2) is 16.8 Å². The van der Waals surface area contributed by atoms with E-state index in [2.05, 4.69) is 49.3 Å². The predicted octanol–water partition coefficient (Wildman–Crippen LogP) is 8.13. The van der Waals surface area contributed by atoms with Crippen LogP contribution in [0, 0.1) is 0 Å². The maximum absolute atomic E-state index is 14.7. The summed E-state index contributed by atoms with van der Waals surface area (Å²) in [7, 11) is -12.4. The molecular weight excluding hydrogens is 781 g/mol. The number of para-hydroxylation sites is 2. The zero-order valence-corrected chi connectivity index (χ0v) is 35.5. The van der Waals surface area contributed by atoms with E-state index in [-0.39, 0.29) is 22.0 Å². The van der Waals surface area contributed by atoms with Crippen molar-refractivity contribution in [3.05, 3.63) is 136 Å². The summed E-state index contributed by atoms with van der Waals surface area (Å²) >= 11 is 0. The number of rotatable bonds is 15. The predicted molar refractivity (Wildman–Crippen MR) is 225 cm³/mol. The topological polar surface area (TPSA) is 152 Å². The van der Waals surface area contributed by atoms with Crippen molar-refractivity contribution in [2.24, 2.45) is 0 Å². The van der Waals surface area contributed by atoms with Gasteiger partial charge in [-0.2, -0.15) is 13.0 Å². The molecule has 10 nitrogen and oxygen atoms in total. The lowest BCUT2D eigenvalue weighted by Crippen LogP contribution is -2.28. The van der Waals surface area contributed by atoms with Crippen molar-refractivity contribution >= 4 is 47.2 Å². The number of unbranched alkanes of at least 4 members (excludes halogenated alkanes) is 2. The first kappa shape index (κ1) is 42.5. The van der Waals surface area contributed by atoms with Crippen LogP contribution in [0.1, 0.15) is 83.8 Å². The summed E-state index contributed by atoms with van der Waals surface area (Å²) in [5.41, 5.74) is 6.65. The highest BCUT2D eigenvalue weighted by Gasteiger charge is 2.44. The van der Waals surface area contributed by atoms with E-state index in [4.69, 9.17) is 0 Å². The highest BCUT2D eigenvalue weighted by Crippen LogP contribution is 2.48. The molecule has 0 aromatic heterocycles. The SMILES string of the molecule is CC1(C)C(/C=C/C2=C(S(=O)(=O)c3ccccc3)C(=C/C=C3/N(CCCCS(=O)(=O)[O-])c4ccccc4C3(C)C)/CCC2)=[N+](CCCCS(=O)(=O)O)c2ccccc21.